The van der Waals surface area contributed by atoms with Gasteiger partial charge in [-0.25, -0.2) is 0 Å². The van der Waals surface area contributed by atoms with E-state index in [1.165, 1.54) is 25.0 Å². The molecule has 82 valence electrons. The molecule has 0 aromatic heterocycles. The second kappa shape index (κ2) is 5.64. The third-order valence-corrected chi connectivity index (χ3v) is 4.02. The highest BCUT2D eigenvalue weighted by atomic mass is 32.2. The molecule has 1 rings (SSSR count). The molecule has 1 saturated carbocycles. The zero-order valence-corrected chi connectivity index (χ0v) is 10.3. The van der Waals surface area contributed by atoms with Crippen molar-refractivity contribution < 1.29 is 0 Å². The van der Waals surface area contributed by atoms with Crippen LogP contribution < -0.4 is 5.73 Å². The van der Waals surface area contributed by atoms with Gasteiger partial charge in [-0.05, 0) is 18.6 Å². The summed E-state index contributed by atoms with van der Waals surface area (Å²) in [6.45, 7) is 6.43. The number of rotatable bonds is 4. The van der Waals surface area contributed by atoms with Gasteiger partial charge >= 0.3 is 0 Å². The van der Waals surface area contributed by atoms with Crippen LogP contribution in [0.2, 0.25) is 0 Å². The Morgan fingerprint density at radius 1 is 1.50 bits per heavy atom. The van der Waals surface area contributed by atoms with Crippen LogP contribution in [0.25, 0.3) is 0 Å². The first-order chi connectivity index (χ1) is 6.65. The lowest BCUT2D eigenvalue weighted by Gasteiger charge is -2.16. The Balaban J connectivity index is 2.54. The summed E-state index contributed by atoms with van der Waals surface area (Å²) >= 11 is 2.04. The topological polar surface area (TPSA) is 38.4 Å². The molecule has 0 bridgehead atoms. The maximum absolute atomic E-state index is 5.90. The maximum atomic E-state index is 5.90. The first-order valence-corrected chi connectivity index (χ1v) is 6.64. The molecular weight excluding hydrogens is 192 g/mol. The zero-order valence-electron chi connectivity index (χ0n) is 9.49. The van der Waals surface area contributed by atoms with Gasteiger partial charge in [0.25, 0.3) is 0 Å². The Labute approximate surface area is 91.7 Å². The van der Waals surface area contributed by atoms with Crippen molar-refractivity contribution in [3.8, 4) is 0 Å². The Morgan fingerprint density at radius 2 is 2.21 bits per heavy atom. The summed E-state index contributed by atoms with van der Waals surface area (Å²) in [6, 6.07) is 0.488. The number of hydrogen-bond acceptors (Lipinski definition) is 2. The number of aliphatic imine (C=N–C) groups is 1. The molecule has 2 unspecified atom stereocenters. The average Bonchev–Trinajstić information content (AvgIpc) is 2.53. The summed E-state index contributed by atoms with van der Waals surface area (Å²) in [6.07, 6.45) is 3.86. The van der Waals surface area contributed by atoms with Crippen LogP contribution in [0.3, 0.4) is 0 Å². The van der Waals surface area contributed by atoms with E-state index in [2.05, 4.69) is 25.8 Å². The molecule has 14 heavy (non-hydrogen) atoms. The first kappa shape index (κ1) is 11.9. The summed E-state index contributed by atoms with van der Waals surface area (Å²) in [4.78, 5) is 4.65. The first-order valence-electron chi connectivity index (χ1n) is 5.60. The third-order valence-electron chi connectivity index (χ3n) is 2.70. The van der Waals surface area contributed by atoms with Gasteiger partial charge in [0, 0.05) is 11.2 Å². The number of hydrogen-bond donors (Lipinski definition) is 1. The van der Waals surface area contributed by atoms with Gasteiger partial charge < -0.3 is 5.73 Å². The van der Waals surface area contributed by atoms with Gasteiger partial charge in [0.15, 0.2) is 0 Å². The fourth-order valence-electron chi connectivity index (χ4n) is 1.80. The minimum absolute atomic E-state index is 0.392. The smallest absolute Gasteiger partial charge is 0.0966 e. The Kier molecular flexibility index (Phi) is 4.79. The Hall–Kier alpha value is -0.180. The van der Waals surface area contributed by atoms with Crippen molar-refractivity contribution in [2.75, 3.05) is 5.75 Å². The van der Waals surface area contributed by atoms with Crippen molar-refractivity contribution in [3.63, 3.8) is 0 Å². The maximum Gasteiger partial charge on any atom is 0.0966 e. The van der Waals surface area contributed by atoms with Crippen molar-refractivity contribution >= 4 is 17.6 Å². The van der Waals surface area contributed by atoms with Crippen LogP contribution in [-0.2, 0) is 0 Å². The van der Waals surface area contributed by atoms with Crippen molar-refractivity contribution in [1.29, 1.82) is 0 Å². The molecule has 3 heteroatoms. The van der Waals surface area contributed by atoms with Crippen LogP contribution in [0, 0.1) is 5.92 Å². The quantitative estimate of drug-likeness (QED) is 0.577. The third kappa shape index (κ3) is 3.19. The number of thioether (sulfide) groups is 1. The van der Waals surface area contributed by atoms with Crippen molar-refractivity contribution in [1.82, 2.24) is 0 Å². The molecule has 0 aromatic rings. The van der Waals surface area contributed by atoms with E-state index in [1.54, 1.807) is 0 Å². The van der Waals surface area contributed by atoms with Crippen LogP contribution in [0.4, 0.5) is 0 Å². The van der Waals surface area contributed by atoms with Crippen LogP contribution >= 0.6 is 11.8 Å². The molecule has 0 saturated heterocycles. The second-order valence-corrected chi connectivity index (χ2v) is 5.72. The summed E-state index contributed by atoms with van der Waals surface area (Å²) in [5, 5.41) is 0.720. The molecule has 2 nitrogen and oxygen atoms in total. The molecule has 0 aromatic carbocycles. The molecule has 0 radical (unpaired) electrons. The van der Waals surface area contributed by atoms with Gasteiger partial charge in [-0.2, -0.15) is 11.8 Å². The molecule has 2 N–H and O–H groups in total. The van der Waals surface area contributed by atoms with Gasteiger partial charge in [-0.15, -0.1) is 0 Å². The van der Waals surface area contributed by atoms with E-state index >= 15 is 0 Å². The highest BCUT2D eigenvalue weighted by Gasteiger charge is 2.26. The average molecular weight is 214 g/mol. The summed E-state index contributed by atoms with van der Waals surface area (Å²) in [5.41, 5.74) is 5.90. The molecule has 0 heterocycles. The molecule has 0 amide bonds. The minimum atomic E-state index is 0.392. The predicted molar refractivity (Wildman–Crippen MR) is 66.0 cm³/mol. The molecule has 1 aliphatic carbocycles. The molecule has 2 atom stereocenters. The van der Waals surface area contributed by atoms with E-state index in [4.69, 9.17) is 5.73 Å². The van der Waals surface area contributed by atoms with Crippen LogP contribution in [-0.4, -0.2) is 22.9 Å². The second-order valence-electron chi connectivity index (χ2n) is 4.20. The van der Waals surface area contributed by atoms with E-state index in [1.807, 2.05) is 11.8 Å². The largest absolute Gasteiger partial charge is 0.387 e. The highest BCUT2D eigenvalue weighted by Crippen LogP contribution is 2.32. The van der Waals surface area contributed by atoms with Gasteiger partial charge in [0.05, 0.1) is 11.9 Å². The summed E-state index contributed by atoms with van der Waals surface area (Å²) < 4.78 is 0. The van der Waals surface area contributed by atoms with Crippen LogP contribution in [0.5, 0.6) is 0 Å². The number of nitrogens with two attached hydrogens (primary N) is 1. The lowest BCUT2D eigenvalue weighted by atomic mass is 10.2. The standard InChI is InChI=1S/C11H22N2S/c1-4-14-10-7-5-6-9(10)13-11(12)8(2)3/h8-10H,4-7H2,1-3H3,(H2,12,13). The van der Waals surface area contributed by atoms with E-state index in [0.29, 0.717) is 12.0 Å². The van der Waals surface area contributed by atoms with Gasteiger partial charge in [0.2, 0.25) is 0 Å². The van der Waals surface area contributed by atoms with E-state index in [0.717, 1.165) is 11.1 Å². The van der Waals surface area contributed by atoms with Crippen molar-refractivity contribution in [2.45, 2.75) is 51.3 Å². The normalized spacial score (nSPS) is 28.7. The van der Waals surface area contributed by atoms with Gasteiger partial charge in [-0.3, -0.25) is 4.99 Å². The number of nitrogens with zero attached hydrogens (tertiary/aromatic N) is 1. The van der Waals surface area contributed by atoms with E-state index in [-0.39, 0.29) is 0 Å². The van der Waals surface area contributed by atoms with Crippen molar-refractivity contribution in [2.24, 2.45) is 16.6 Å². The fraction of sp³-hybridized carbons (Fsp3) is 0.909. The molecule has 1 fully saturated rings. The van der Waals surface area contributed by atoms with Crippen molar-refractivity contribution in [3.05, 3.63) is 0 Å². The van der Waals surface area contributed by atoms with Crippen LogP contribution in [0.15, 0.2) is 4.99 Å². The summed E-state index contributed by atoms with van der Waals surface area (Å²) in [7, 11) is 0. The Bertz CT molecular complexity index is 201. The van der Waals surface area contributed by atoms with Gasteiger partial charge in [0.1, 0.15) is 0 Å². The fourth-order valence-corrected chi connectivity index (χ4v) is 2.98. The van der Waals surface area contributed by atoms with Crippen LogP contribution in [0.1, 0.15) is 40.0 Å². The molecule has 1 aliphatic rings. The molecule has 0 spiro atoms. The Morgan fingerprint density at radius 3 is 2.79 bits per heavy atom. The minimum Gasteiger partial charge on any atom is -0.387 e. The molecule has 0 aliphatic heterocycles. The summed E-state index contributed by atoms with van der Waals surface area (Å²) in [5.74, 6) is 2.42. The highest BCUT2D eigenvalue weighted by molar-refractivity contribution is 7.99. The van der Waals surface area contributed by atoms with E-state index < -0.39 is 0 Å². The SMILES string of the molecule is CCSC1CCCC1N=C(N)C(C)C. The number of amidine groups is 1. The monoisotopic (exact) mass is 214 g/mol. The van der Waals surface area contributed by atoms with E-state index in [9.17, 15) is 0 Å². The molecular formula is C11H22N2S. The predicted octanol–water partition coefficient (Wildman–Crippen LogP) is 2.67. The lowest BCUT2D eigenvalue weighted by Crippen LogP contribution is -2.24. The lowest BCUT2D eigenvalue weighted by molar-refractivity contribution is 0.703. The van der Waals surface area contributed by atoms with Gasteiger partial charge in [-0.1, -0.05) is 27.2 Å². The zero-order chi connectivity index (χ0) is 10.6.